The molecule has 0 unspecified atom stereocenters. The molecule has 0 spiro atoms. The van der Waals surface area contributed by atoms with Gasteiger partial charge in [0.05, 0.1) is 0 Å². The highest BCUT2D eigenvalue weighted by Crippen LogP contribution is 2.23. The molecule has 0 aliphatic carbocycles. The van der Waals surface area contributed by atoms with Crippen LogP contribution in [0.1, 0.15) is 16.7 Å². The molecule has 96 valence electrons. The number of benzene rings is 2. The van der Waals surface area contributed by atoms with Crippen LogP contribution in [0.3, 0.4) is 0 Å². The summed E-state index contributed by atoms with van der Waals surface area (Å²) in [6.45, 7) is 5.69. The second-order valence-electron chi connectivity index (χ2n) is 4.28. The van der Waals surface area contributed by atoms with E-state index < -0.39 is 0 Å². The van der Waals surface area contributed by atoms with E-state index in [4.69, 9.17) is 15.3 Å². The van der Waals surface area contributed by atoms with Crippen LogP contribution in [0, 0.1) is 20.8 Å². The smallest absolute Gasteiger partial charge is 0.157 e. The first-order valence-corrected chi connectivity index (χ1v) is 5.65. The van der Waals surface area contributed by atoms with Gasteiger partial charge in [-0.3, -0.25) is 0 Å². The molecule has 3 nitrogen and oxygen atoms in total. The van der Waals surface area contributed by atoms with Crippen LogP contribution >= 0.6 is 0 Å². The Bertz CT molecular complexity index is 484. The lowest BCUT2D eigenvalue weighted by molar-refractivity contribution is 0.403. The van der Waals surface area contributed by atoms with Gasteiger partial charge in [0.25, 0.3) is 0 Å². The lowest BCUT2D eigenvalue weighted by Crippen LogP contribution is -1.74. The van der Waals surface area contributed by atoms with Crippen molar-refractivity contribution in [2.45, 2.75) is 20.8 Å². The Hall–Kier alpha value is -2.16. The summed E-state index contributed by atoms with van der Waals surface area (Å²) in [5, 5.41) is 26.7. The molecular formula is C15H18O3. The molecule has 3 heteroatoms. The summed E-state index contributed by atoms with van der Waals surface area (Å²) in [4.78, 5) is 0. The average Bonchev–Trinajstić information content (AvgIpc) is 2.30. The Morgan fingerprint density at radius 3 is 1.50 bits per heavy atom. The van der Waals surface area contributed by atoms with Crippen LogP contribution in [-0.2, 0) is 0 Å². The fourth-order valence-electron chi connectivity index (χ4n) is 1.35. The summed E-state index contributed by atoms with van der Waals surface area (Å²) in [7, 11) is 0. The van der Waals surface area contributed by atoms with Gasteiger partial charge in [-0.2, -0.15) is 0 Å². The first-order valence-electron chi connectivity index (χ1n) is 5.65. The standard InChI is InChI=1S/C8H10O.C7H8O2/c1-6-3-4-7(2)8(9)5-6;1-5-2-3-6(8)7(9)4-5/h3-5,9H,1-2H3;2-4,8-9H,1H3. The zero-order valence-electron chi connectivity index (χ0n) is 10.8. The lowest BCUT2D eigenvalue weighted by Gasteiger charge is -1.97. The van der Waals surface area contributed by atoms with Gasteiger partial charge in [0.15, 0.2) is 11.5 Å². The molecule has 0 aromatic heterocycles. The van der Waals surface area contributed by atoms with Gasteiger partial charge in [-0.05, 0) is 55.7 Å². The Balaban J connectivity index is 0.000000180. The Morgan fingerprint density at radius 2 is 1.11 bits per heavy atom. The van der Waals surface area contributed by atoms with Gasteiger partial charge in [-0.15, -0.1) is 0 Å². The number of aromatic hydroxyl groups is 3. The van der Waals surface area contributed by atoms with Gasteiger partial charge in [0.2, 0.25) is 0 Å². The second-order valence-corrected chi connectivity index (χ2v) is 4.28. The van der Waals surface area contributed by atoms with Crippen LogP contribution in [0.25, 0.3) is 0 Å². The molecule has 2 aromatic carbocycles. The molecule has 0 saturated heterocycles. The van der Waals surface area contributed by atoms with E-state index in [-0.39, 0.29) is 11.5 Å². The third-order valence-electron chi connectivity index (χ3n) is 2.50. The molecule has 0 aliphatic rings. The van der Waals surface area contributed by atoms with Crippen molar-refractivity contribution in [3.05, 3.63) is 53.1 Å². The number of rotatable bonds is 0. The van der Waals surface area contributed by atoms with Crippen molar-refractivity contribution in [3.8, 4) is 17.2 Å². The van der Waals surface area contributed by atoms with Gasteiger partial charge in [-0.25, -0.2) is 0 Å². The van der Waals surface area contributed by atoms with E-state index in [1.165, 1.54) is 12.1 Å². The van der Waals surface area contributed by atoms with Crippen molar-refractivity contribution in [2.24, 2.45) is 0 Å². The molecule has 0 aliphatic heterocycles. The molecule has 0 atom stereocenters. The van der Waals surface area contributed by atoms with Crippen LogP contribution in [0.4, 0.5) is 0 Å². The quantitative estimate of drug-likeness (QED) is 0.624. The van der Waals surface area contributed by atoms with Crippen molar-refractivity contribution < 1.29 is 15.3 Å². The van der Waals surface area contributed by atoms with Gasteiger partial charge in [0.1, 0.15) is 5.75 Å². The second kappa shape index (κ2) is 5.96. The van der Waals surface area contributed by atoms with E-state index in [0.29, 0.717) is 5.75 Å². The van der Waals surface area contributed by atoms with E-state index in [2.05, 4.69) is 0 Å². The fraction of sp³-hybridized carbons (Fsp3) is 0.200. The van der Waals surface area contributed by atoms with Gasteiger partial charge in [-0.1, -0.05) is 18.2 Å². The highest BCUT2D eigenvalue weighted by molar-refractivity contribution is 5.39. The molecule has 0 amide bonds. The van der Waals surface area contributed by atoms with Gasteiger partial charge in [0, 0.05) is 0 Å². The lowest BCUT2D eigenvalue weighted by atomic mass is 10.1. The van der Waals surface area contributed by atoms with Gasteiger partial charge >= 0.3 is 0 Å². The molecule has 2 aromatic rings. The summed E-state index contributed by atoms with van der Waals surface area (Å²) < 4.78 is 0. The third-order valence-corrected chi connectivity index (χ3v) is 2.50. The predicted molar refractivity (Wildman–Crippen MR) is 72.1 cm³/mol. The van der Waals surface area contributed by atoms with Crippen LogP contribution in [0.2, 0.25) is 0 Å². The predicted octanol–water partition coefficient (Wildman–Crippen LogP) is 3.42. The van der Waals surface area contributed by atoms with Crippen molar-refractivity contribution in [1.29, 1.82) is 0 Å². The molecule has 0 radical (unpaired) electrons. The summed E-state index contributed by atoms with van der Waals surface area (Å²) in [6, 6.07) is 10.4. The molecule has 18 heavy (non-hydrogen) atoms. The molecule has 0 bridgehead atoms. The van der Waals surface area contributed by atoms with E-state index >= 15 is 0 Å². The summed E-state index contributed by atoms with van der Waals surface area (Å²) in [5.41, 5.74) is 2.96. The number of hydrogen-bond acceptors (Lipinski definition) is 3. The molecule has 2 rings (SSSR count). The van der Waals surface area contributed by atoms with Crippen LogP contribution < -0.4 is 0 Å². The minimum atomic E-state index is -0.0689. The Labute approximate surface area is 107 Å². The number of phenolic OH excluding ortho intramolecular Hbond substituents is 3. The number of phenols is 3. The maximum Gasteiger partial charge on any atom is 0.157 e. The Morgan fingerprint density at radius 1 is 0.611 bits per heavy atom. The van der Waals surface area contributed by atoms with E-state index in [0.717, 1.165) is 16.7 Å². The minimum absolute atomic E-state index is 0.0602. The van der Waals surface area contributed by atoms with E-state index in [1.807, 2.05) is 32.9 Å². The number of aryl methyl sites for hydroxylation is 3. The van der Waals surface area contributed by atoms with Crippen LogP contribution in [0.5, 0.6) is 17.2 Å². The topological polar surface area (TPSA) is 60.7 Å². The van der Waals surface area contributed by atoms with E-state index in [9.17, 15) is 0 Å². The normalized spacial score (nSPS) is 9.50. The zero-order valence-corrected chi connectivity index (χ0v) is 10.8. The zero-order chi connectivity index (χ0) is 13.7. The third kappa shape index (κ3) is 4.01. The fourth-order valence-corrected chi connectivity index (χ4v) is 1.35. The van der Waals surface area contributed by atoms with Crippen LogP contribution in [-0.4, -0.2) is 15.3 Å². The average molecular weight is 246 g/mol. The van der Waals surface area contributed by atoms with E-state index in [1.54, 1.807) is 12.1 Å². The summed E-state index contributed by atoms with van der Waals surface area (Å²) in [5.74, 6) is 0.255. The minimum Gasteiger partial charge on any atom is -0.508 e. The first-order chi connectivity index (χ1) is 8.40. The van der Waals surface area contributed by atoms with Crippen LogP contribution in [0.15, 0.2) is 36.4 Å². The number of hydrogen-bond donors (Lipinski definition) is 3. The molecule has 0 saturated carbocycles. The molecule has 0 heterocycles. The molecular weight excluding hydrogens is 228 g/mol. The van der Waals surface area contributed by atoms with Crippen molar-refractivity contribution in [1.82, 2.24) is 0 Å². The maximum absolute atomic E-state index is 9.10. The largest absolute Gasteiger partial charge is 0.508 e. The first kappa shape index (κ1) is 13.9. The summed E-state index contributed by atoms with van der Waals surface area (Å²) in [6.07, 6.45) is 0. The Kier molecular flexibility index (Phi) is 4.60. The molecule has 3 N–H and O–H groups in total. The van der Waals surface area contributed by atoms with Gasteiger partial charge < -0.3 is 15.3 Å². The maximum atomic E-state index is 9.10. The summed E-state index contributed by atoms with van der Waals surface area (Å²) >= 11 is 0. The monoisotopic (exact) mass is 246 g/mol. The highest BCUT2D eigenvalue weighted by atomic mass is 16.3. The molecule has 0 fully saturated rings. The SMILES string of the molecule is Cc1ccc(C)c(O)c1.Cc1ccc(O)c(O)c1. The van der Waals surface area contributed by atoms with Crippen molar-refractivity contribution >= 4 is 0 Å². The van der Waals surface area contributed by atoms with Crippen molar-refractivity contribution in [2.75, 3.05) is 0 Å². The highest BCUT2D eigenvalue weighted by Gasteiger charge is 1.94. The van der Waals surface area contributed by atoms with Crippen molar-refractivity contribution in [3.63, 3.8) is 0 Å².